The van der Waals surface area contributed by atoms with Crippen molar-refractivity contribution in [2.45, 2.75) is 30.2 Å². The van der Waals surface area contributed by atoms with Crippen molar-refractivity contribution >= 4 is 15.9 Å². The van der Waals surface area contributed by atoms with Crippen LogP contribution in [0.15, 0.2) is 35.2 Å². The Hall–Kier alpha value is -1.48. The van der Waals surface area contributed by atoms with Gasteiger partial charge >= 0.3 is 0 Å². The van der Waals surface area contributed by atoms with Gasteiger partial charge in [0.05, 0.1) is 18.1 Å². The van der Waals surface area contributed by atoms with Gasteiger partial charge in [0.2, 0.25) is 15.9 Å². The Kier molecular flexibility index (Phi) is 6.63. The largest absolute Gasteiger partial charge is 0.379 e. The van der Waals surface area contributed by atoms with Gasteiger partial charge in [-0.25, -0.2) is 8.42 Å². The van der Waals surface area contributed by atoms with Crippen LogP contribution in [0.1, 0.15) is 19.3 Å². The van der Waals surface area contributed by atoms with Crippen molar-refractivity contribution in [3.63, 3.8) is 0 Å². The lowest BCUT2D eigenvalue weighted by molar-refractivity contribution is -0.124. The number of rotatable bonds is 7. The Morgan fingerprint density at radius 2 is 1.88 bits per heavy atom. The zero-order valence-corrected chi connectivity index (χ0v) is 15.8. The van der Waals surface area contributed by atoms with Crippen LogP contribution in [0.2, 0.25) is 0 Å². The zero-order chi connectivity index (χ0) is 18.4. The Morgan fingerprint density at radius 3 is 2.62 bits per heavy atom. The quantitative estimate of drug-likeness (QED) is 0.703. The zero-order valence-electron chi connectivity index (χ0n) is 15.0. The smallest absolute Gasteiger partial charge is 0.243 e. The molecule has 0 aliphatic carbocycles. The molecule has 1 aromatic carbocycles. The number of carbonyl (C=O) groups excluding carboxylic acids is 1. The normalized spacial score (nSPS) is 22.4. The van der Waals surface area contributed by atoms with Gasteiger partial charge in [-0.05, 0) is 37.9 Å². The number of sulfonamides is 1. The molecule has 26 heavy (non-hydrogen) atoms. The van der Waals surface area contributed by atoms with Crippen LogP contribution >= 0.6 is 0 Å². The van der Waals surface area contributed by atoms with Crippen LogP contribution in [-0.4, -0.2) is 75.5 Å². The number of nitrogens with one attached hydrogen (secondary N) is 1. The third kappa shape index (κ3) is 4.62. The summed E-state index contributed by atoms with van der Waals surface area (Å²) in [6.45, 7) is 5.26. The lowest BCUT2D eigenvalue weighted by Crippen LogP contribution is -2.46. The summed E-state index contributed by atoms with van der Waals surface area (Å²) in [7, 11) is -3.63. The minimum atomic E-state index is -3.63. The van der Waals surface area contributed by atoms with Crippen LogP contribution in [0.3, 0.4) is 0 Å². The molecule has 1 amide bonds. The SMILES string of the molecule is O=C(NCCCN1CCOCC1)[C@H]1CCCN1S(=O)(=O)c1ccccc1. The first kappa shape index (κ1) is 19.3. The van der Waals surface area contributed by atoms with E-state index < -0.39 is 16.1 Å². The first-order valence-corrected chi connectivity index (χ1v) is 10.7. The third-order valence-corrected chi connectivity index (χ3v) is 6.83. The summed E-state index contributed by atoms with van der Waals surface area (Å²) in [6.07, 6.45) is 2.13. The van der Waals surface area contributed by atoms with Gasteiger partial charge in [0.15, 0.2) is 0 Å². The number of benzene rings is 1. The molecule has 0 radical (unpaired) electrons. The summed E-state index contributed by atoms with van der Waals surface area (Å²) < 4.78 is 32.3. The first-order chi connectivity index (χ1) is 12.6. The molecule has 1 N–H and O–H groups in total. The van der Waals surface area contributed by atoms with Crippen molar-refractivity contribution in [3.05, 3.63) is 30.3 Å². The van der Waals surface area contributed by atoms with E-state index in [1.54, 1.807) is 30.3 Å². The molecule has 2 fully saturated rings. The molecule has 7 nitrogen and oxygen atoms in total. The molecule has 0 spiro atoms. The van der Waals surface area contributed by atoms with E-state index >= 15 is 0 Å². The molecule has 8 heteroatoms. The average molecular weight is 381 g/mol. The highest BCUT2D eigenvalue weighted by Gasteiger charge is 2.39. The van der Waals surface area contributed by atoms with E-state index in [-0.39, 0.29) is 10.8 Å². The van der Waals surface area contributed by atoms with E-state index in [0.29, 0.717) is 25.9 Å². The maximum atomic E-state index is 12.8. The topological polar surface area (TPSA) is 79.0 Å². The molecule has 2 heterocycles. The Labute approximate surface area is 155 Å². The molecule has 1 aromatic rings. The van der Waals surface area contributed by atoms with Crippen molar-refractivity contribution < 1.29 is 17.9 Å². The maximum absolute atomic E-state index is 12.8. The number of nitrogens with zero attached hydrogens (tertiary/aromatic N) is 2. The monoisotopic (exact) mass is 381 g/mol. The Balaban J connectivity index is 1.51. The molecule has 2 saturated heterocycles. The molecule has 1 atom stereocenters. The van der Waals surface area contributed by atoms with Crippen molar-refractivity contribution in [3.8, 4) is 0 Å². The highest BCUT2D eigenvalue weighted by Crippen LogP contribution is 2.26. The standard InChI is InChI=1S/C18H27N3O4S/c22-18(19-9-5-10-20-12-14-25-15-13-20)17-8-4-11-21(17)26(23,24)16-6-2-1-3-7-16/h1-3,6-7,17H,4-5,8-15H2,(H,19,22)/t17-/m1/s1. The summed E-state index contributed by atoms with van der Waals surface area (Å²) >= 11 is 0. The number of hydrogen-bond donors (Lipinski definition) is 1. The second-order valence-electron chi connectivity index (χ2n) is 6.69. The van der Waals surface area contributed by atoms with Gasteiger partial charge in [-0.15, -0.1) is 0 Å². The summed E-state index contributed by atoms with van der Waals surface area (Å²) in [4.78, 5) is 15.1. The van der Waals surface area contributed by atoms with Crippen LogP contribution in [-0.2, 0) is 19.6 Å². The van der Waals surface area contributed by atoms with Gasteiger partial charge in [0.25, 0.3) is 0 Å². The predicted octanol–water partition coefficient (Wildman–Crippen LogP) is 0.678. The number of amides is 1. The van der Waals surface area contributed by atoms with Gasteiger partial charge in [-0.2, -0.15) is 4.31 Å². The lowest BCUT2D eigenvalue weighted by atomic mass is 10.2. The second-order valence-corrected chi connectivity index (χ2v) is 8.58. The molecule has 0 aromatic heterocycles. The lowest BCUT2D eigenvalue weighted by Gasteiger charge is -2.27. The Morgan fingerprint density at radius 1 is 1.15 bits per heavy atom. The van der Waals surface area contributed by atoms with Crippen molar-refractivity contribution in [2.24, 2.45) is 0 Å². The molecule has 0 saturated carbocycles. The van der Waals surface area contributed by atoms with Crippen LogP contribution in [0, 0.1) is 0 Å². The highest BCUT2D eigenvalue weighted by atomic mass is 32.2. The van der Waals surface area contributed by atoms with Crippen molar-refractivity contribution in [2.75, 3.05) is 45.9 Å². The van der Waals surface area contributed by atoms with E-state index in [9.17, 15) is 13.2 Å². The van der Waals surface area contributed by atoms with Crippen LogP contribution in [0.25, 0.3) is 0 Å². The van der Waals surface area contributed by atoms with E-state index in [1.807, 2.05) is 0 Å². The molecular weight excluding hydrogens is 354 g/mol. The summed E-state index contributed by atoms with van der Waals surface area (Å²) in [5.74, 6) is -0.191. The van der Waals surface area contributed by atoms with Crippen LogP contribution in [0.4, 0.5) is 0 Å². The van der Waals surface area contributed by atoms with Gasteiger partial charge in [0, 0.05) is 26.2 Å². The fourth-order valence-corrected chi connectivity index (χ4v) is 5.15. The molecule has 0 bridgehead atoms. The predicted molar refractivity (Wildman–Crippen MR) is 98.2 cm³/mol. The molecule has 3 rings (SSSR count). The maximum Gasteiger partial charge on any atom is 0.243 e. The van der Waals surface area contributed by atoms with E-state index in [0.717, 1.165) is 39.3 Å². The number of hydrogen-bond acceptors (Lipinski definition) is 5. The summed E-state index contributed by atoms with van der Waals surface area (Å²) in [6, 6.07) is 7.72. The molecular formula is C18H27N3O4S. The minimum Gasteiger partial charge on any atom is -0.379 e. The highest BCUT2D eigenvalue weighted by molar-refractivity contribution is 7.89. The van der Waals surface area contributed by atoms with Crippen LogP contribution in [0.5, 0.6) is 0 Å². The second kappa shape index (κ2) is 8.94. The fraction of sp³-hybridized carbons (Fsp3) is 0.611. The number of carbonyl (C=O) groups is 1. The number of morpholine rings is 1. The van der Waals surface area contributed by atoms with Gasteiger partial charge in [-0.1, -0.05) is 18.2 Å². The van der Waals surface area contributed by atoms with E-state index in [4.69, 9.17) is 4.74 Å². The molecule has 2 aliphatic heterocycles. The van der Waals surface area contributed by atoms with Gasteiger partial charge in [0.1, 0.15) is 6.04 Å². The summed E-state index contributed by atoms with van der Waals surface area (Å²) in [5, 5.41) is 2.91. The van der Waals surface area contributed by atoms with Crippen molar-refractivity contribution in [1.82, 2.24) is 14.5 Å². The molecule has 144 valence electrons. The third-order valence-electron chi connectivity index (χ3n) is 4.91. The first-order valence-electron chi connectivity index (χ1n) is 9.24. The van der Waals surface area contributed by atoms with Gasteiger partial charge < -0.3 is 10.1 Å². The van der Waals surface area contributed by atoms with E-state index in [2.05, 4.69) is 10.2 Å². The fourth-order valence-electron chi connectivity index (χ4n) is 3.47. The minimum absolute atomic E-state index is 0.191. The summed E-state index contributed by atoms with van der Waals surface area (Å²) in [5.41, 5.74) is 0. The van der Waals surface area contributed by atoms with Crippen LogP contribution < -0.4 is 5.32 Å². The van der Waals surface area contributed by atoms with Gasteiger partial charge in [-0.3, -0.25) is 9.69 Å². The molecule has 2 aliphatic rings. The Bertz CT molecular complexity index is 690. The number of ether oxygens (including phenoxy) is 1. The average Bonchev–Trinajstić information content (AvgIpc) is 3.17. The van der Waals surface area contributed by atoms with E-state index in [1.165, 1.54) is 4.31 Å². The molecule has 0 unspecified atom stereocenters. The van der Waals surface area contributed by atoms with Crippen molar-refractivity contribution in [1.29, 1.82) is 0 Å².